The average Bonchev–Trinajstić information content (AvgIpc) is 3.52. The number of nitrogens with one attached hydrogen (secondary N) is 1. The SMILES string of the molecule is Cn1c(=O)c(=O)n(CC(=O)NCCCN(Cc2cccs2)C[C@H]2CCCO2)c2ccccc21. The number of ether oxygens (including phenoxy) is 1. The number of carbonyl (C=O) groups is 1. The molecule has 8 nitrogen and oxygen atoms in total. The van der Waals surface area contributed by atoms with Crippen molar-refractivity contribution < 1.29 is 9.53 Å². The summed E-state index contributed by atoms with van der Waals surface area (Å²) in [5.74, 6) is -0.278. The molecule has 0 radical (unpaired) electrons. The molecule has 0 spiro atoms. The Hall–Kier alpha value is -2.75. The van der Waals surface area contributed by atoms with Crippen molar-refractivity contribution in [2.75, 3.05) is 26.2 Å². The van der Waals surface area contributed by atoms with Crippen molar-refractivity contribution in [1.29, 1.82) is 0 Å². The zero-order valence-electron chi connectivity index (χ0n) is 18.9. The van der Waals surface area contributed by atoms with Crippen LogP contribution in [0.25, 0.3) is 11.0 Å². The van der Waals surface area contributed by atoms with Crippen LogP contribution in [0.2, 0.25) is 0 Å². The molecule has 1 aliphatic rings. The number of nitrogens with zero attached hydrogens (tertiary/aromatic N) is 3. The maximum Gasteiger partial charge on any atom is 0.317 e. The first-order valence-corrected chi connectivity index (χ1v) is 12.2. The summed E-state index contributed by atoms with van der Waals surface area (Å²) < 4.78 is 8.39. The number of benzene rings is 1. The van der Waals surface area contributed by atoms with Gasteiger partial charge in [0.2, 0.25) is 5.91 Å². The van der Waals surface area contributed by atoms with Crippen LogP contribution in [0.4, 0.5) is 0 Å². The standard InChI is InChI=1S/C24H30N4O4S/c1-26-20-9-2-3-10-21(20)28(24(31)23(26)30)17-22(29)25-11-6-12-27(15-18-7-4-13-32-18)16-19-8-5-14-33-19/h2-3,5,8-10,14,18H,4,6-7,11-13,15-17H2,1H3,(H,25,29)/t18-/m1/s1. The fourth-order valence-electron chi connectivity index (χ4n) is 4.27. The first kappa shape index (κ1) is 23.4. The molecular weight excluding hydrogens is 440 g/mol. The summed E-state index contributed by atoms with van der Waals surface area (Å²) in [7, 11) is 1.56. The number of aryl methyl sites for hydroxylation is 1. The predicted molar refractivity (Wildman–Crippen MR) is 130 cm³/mol. The van der Waals surface area contributed by atoms with E-state index in [-0.39, 0.29) is 18.6 Å². The van der Waals surface area contributed by atoms with Crippen LogP contribution >= 0.6 is 11.3 Å². The van der Waals surface area contributed by atoms with Crippen LogP contribution in [-0.4, -0.2) is 52.3 Å². The topological polar surface area (TPSA) is 85.6 Å². The van der Waals surface area contributed by atoms with Crippen LogP contribution in [0.3, 0.4) is 0 Å². The number of amides is 1. The van der Waals surface area contributed by atoms with Crippen molar-refractivity contribution in [2.24, 2.45) is 7.05 Å². The van der Waals surface area contributed by atoms with Crippen molar-refractivity contribution in [1.82, 2.24) is 19.4 Å². The fourth-order valence-corrected chi connectivity index (χ4v) is 5.02. The molecule has 1 amide bonds. The number of aromatic nitrogens is 2. The minimum atomic E-state index is -0.690. The summed E-state index contributed by atoms with van der Waals surface area (Å²) in [4.78, 5) is 41.1. The Labute approximate surface area is 196 Å². The molecule has 0 bridgehead atoms. The van der Waals surface area contributed by atoms with E-state index in [1.54, 1.807) is 42.6 Å². The second-order valence-electron chi connectivity index (χ2n) is 8.40. The molecule has 0 unspecified atom stereocenters. The van der Waals surface area contributed by atoms with Crippen LogP contribution in [0.5, 0.6) is 0 Å². The summed E-state index contributed by atoms with van der Waals surface area (Å²) >= 11 is 1.75. The highest BCUT2D eigenvalue weighted by Crippen LogP contribution is 2.17. The van der Waals surface area contributed by atoms with Crippen LogP contribution in [0.15, 0.2) is 51.4 Å². The zero-order valence-corrected chi connectivity index (χ0v) is 19.7. The van der Waals surface area contributed by atoms with Crippen LogP contribution in [-0.2, 0) is 29.7 Å². The quantitative estimate of drug-likeness (QED) is 0.362. The first-order chi connectivity index (χ1) is 16.0. The van der Waals surface area contributed by atoms with Gasteiger partial charge in [-0.25, -0.2) is 0 Å². The smallest absolute Gasteiger partial charge is 0.317 e. The van der Waals surface area contributed by atoms with Gasteiger partial charge in [0.05, 0.1) is 17.1 Å². The zero-order chi connectivity index (χ0) is 23.2. The minimum Gasteiger partial charge on any atom is -0.377 e. The van der Waals surface area contributed by atoms with Gasteiger partial charge in [-0.15, -0.1) is 11.3 Å². The van der Waals surface area contributed by atoms with Gasteiger partial charge in [0.25, 0.3) is 0 Å². The van der Waals surface area contributed by atoms with Crippen LogP contribution < -0.4 is 16.4 Å². The summed E-state index contributed by atoms with van der Waals surface area (Å²) in [6, 6.07) is 11.3. The molecule has 1 N–H and O–H groups in total. The lowest BCUT2D eigenvalue weighted by Gasteiger charge is -2.24. The molecule has 4 rings (SSSR count). The maximum absolute atomic E-state index is 12.6. The third kappa shape index (κ3) is 5.79. The highest BCUT2D eigenvalue weighted by atomic mass is 32.1. The van der Waals surface area contributed by atoms with E-state index >= 15 is 0 Å². The molecule has 0 aliphatic carbocycles. The molecule has 1 aliphatic heterocycles. The van der Waals surface area contributed by atoms with Gasteiger partial charge in [-0.05, 0) is 42.8 Å². The largest absolute Gasteiger partial charge is 0.377 e. The molecule has 2 aromatic heterocycles. The number of hydrogen-bond acceptors (Lipinski definition) is 6. The average molecular weight is 471 g/mol. The summed E-state index contributed by atoms with van der Waals surface area (Å²) in [5.41, 5.74) is -0.142. The van der Waals surface area contributed by atoms with E-state index < -0.39 is 11.1 Å². The lowest BCUT2D eigenvalue weighted by Crippen LogP contribution is -2.43. The molecule has 3 heterocycles. The molecule has 176 valence electrons. The number of fused-ring (bicyclic) bond motifs is 1. The summed E-state index contributed by atoms with van der Waals surface area (Å²) in [6.07, 6.45) is 3.28. The number of hydrogen-bond donors (Lipinski definition) is 1. The minimum absolute atomic E-state index is 0.176. The maximum atomic E-state index is 12.6. The predicted octanol–water partition coefficient (Wildman–Crippen LogP) is 1.95. The highest BCUT2D eigenvalue weighted by Gasteiger charge is 2.19. The Morgan fingerprint density at radius 1 is 1.18 bits per heavy atom. The Bertz CT molecular complexity index is 1200. The molecule has 1 saturated heterocycles. The lowest BCUT2D eigenvalue weighted by molar-refractivity contribution is -0.121. The fraction of sp³-hybridized carbons (Fsp3) is 0.458. The van der Waals surface area contributed by atoms with E-state index in [2.05, 4.69) is 27.7 Å². The number of carbonyl (C=O) groups excluding carboxylic acids is 1. The second kappa shape index (κ2) is 10.9. The molecule has 9 heteroatoms. The van der Waals surface area contributed by atoms with Gasteiger partial charge in [-0.1, -0.05) is 18.2 Å². The molecule has 0 saturated carbocycles. The molecule has 1 fully saturated rings. The lowest BCUT2D eigenvalue weighted by atomic mass is 10.2. The van der Waals surface area contributed by atoms with Crippen LogP contribution in [0, 0.1) is 0 Å². The van der Waals surface area contributed by atoms with Gasteiger partial charge in [-0.2, -0.15) is 0 Å². The van der Waals surface area contributed by atoms with Crippen molar-refractivity contribution >= 4 is 28.3 Å². The third-order valence-electron chi connectivity index (χ3n) is 5.99. The van der Waals surface area contributed by atoms with Crippen LogP contribution in [0.1, 0.15) is 24.1 Å². The van der Waals surface area contributed by atoms with E-state index in [9.17, 15) is 14.4 Å². The Balaban J connectivity index is 1.33. The van der Waals surface area contributed by atoms with Gasteiger partial charge in [0, 0.05) is 44.7 Å². The van der Waals surface area contributed by atoms with Gasteiger partial charge >= 0.3 is 11.1 Å². The third-order valence-corrected chi connectivity index (χ3v) is 6.85. The van der Waals surface area contributed by atoms with Gasteiger partial charge in [-0.3, -0.25) is 23.9 Å². The monoisotopic (exact) mass is 470 g/mol. The van der Waals surface area contributed by atoms with Gasteiger partial charge < -0.3 is 14.6 Å². The molecule has 1 atom stereocenters. The van der Waals surface area contributed by atoms with Gasteiger partial charge in [0.1, 0.15) is 6.54 Å². The van der Waals surface area contributed by atoms with Gasteiger partial charge in [0.15, 0.2) is 0 Å². The summed E-state index contributed by atoms with van der Waals surface area (Å²) in [6.45, 7) is 3.77. The van der Waals surface area contributed by atoms with Crippen molar-refractivity contribution in [3.05, 3.63) is 67.4 Å². The summed E-state index contributed by atoms with van der Waals surface area (Å²) in [5, 5.41) is 4.99. The normalized spacial score (nSPS) is 16.0. The second-order valence-corrected chi connectivity index (χ2v) is 9.43. The van der Waals surface area contributed by atoms with E-state index in [0.717, 1.165) is 45.5 Å². The van der Waals surface area contributed by atoms with Crippen molar-refractivity contribution in [3.8, 4) is 0 Å². The number of para-hydroxylation sites is 2. The molecule has 3 aromatic rings. The number of rotatable bonds is 10. The van der Waals surface area contributed by atoms with Crippen molar-refractivity contribution in [3.63, 3.8) is 0 Å². The Morgan fingerprint density at radius 3 is 2.73 bits per heavy atom. The highest BCUT2D eigenvalue weighted by molar-refractivity contribution is 7.09. The first-order valence-electron chi connectivity index (χ1n) is 11.3. The Kier molecular flexibility index (Phi) is 7.74. The van der Waals surface area contributed by atoms with E-state index in [0.29, 0.717) is 17.6 Å². The Morgan fingerprint density at radius 2 is 2.00 bits per heavy atom. The van der Waals surface area contributed by atoms with E-state index in [1.165, 1.54) is 14.0 Å². The molecular formula is C24H30N4O4S. The van der Waals surface area contributed by atoms with Crippen molar-refractivity contribution in [2.45, 2.75) is 38.5 Å². The molecule has 33 heavy (non-hydrogen) atoms. The van der Waals surface area contributed by atoms with E-state index in [1.807, 2.05) is 0 Å². The number of thiophene rings is 1. The molecule has 1 aromatic carbocycles. The van der Waals surface area contributed by atoms with E-state index in [4.69, 9.17) is 4.74 Å².